The summed E-state index contributed by atoms with van der Waals surface area (Å²) >= 11 is 13.8. The molecule has 0 bridgehead atoms. The minimum absolute atomic E-state index is 0.0399. The molecule has 2 nitrogen and oxygen atoms in total. The van der Waals surface area contributed by atoms with Gasteiger partial charge < -0.3 is 5.32 Å². The minimum Gasteiger partial charge on any atom is -0.349 e. The maximum absolute atomic E-state index is 11.9. The smallest absolute Gasteiger partial charge is 0.251 e. The molecule has 17 heavy (non-hydrogen) atoms. The van der Waals surface area contributed by atoms with Crippen molar-refractivity contribution in [1.29, 1.82) is 0 Å². The predicted octanol–water partition coefficient (Wildman–Crippen LogP) is 3.94. The van der Waals surface area contributed by atoms with E-state index in [-0.39, 0.29) is 17.9 Å². The zero-order valence-corrected chi connectivity index (χ0v) is 13.3. The lowest BCUT2D eigenvalue weighted by molar-refractivity contribution is 0.0931. The third-order valence-electron chi connectivity index (χ3n) is 2.64. The number of amides is 1. The molecule has 1 aromatic carbocycles. The monoisotopic (exact) mass is 385 g/mol. The zero-order chi connectivity index (χ0) is 13.0. The standard InChI is InChI=1S/C12H14Cl2INO/c1-7(6-13)8(2)16-12(17)9-3-4-11(15)10(14)5-9/h3-5,7-8H,6H2,1-2H3,(H,16,17). The van der Waals surface area contributed by atoms with E-state index >= 15 is 0 Å². The molecule has 0 aliphatic rings. The van der Waals surface area contributed by atoms with E-state index in [0.717, 1.165) is 3.57 Å². The van der Waals surface area contributed by atoms with Gasteiger partial charge in [0.2, 0.25) is 0 Å². The van der Waals surface area contributed by atoms with Gasteiger partial charge in [-0.25, -0.2) is 0 Å². The van der Waals surface area contributed by atoms with E-state index in [2.05, 4.69) is 27.9 Å². The molecule has 0 aromatic heterocycles. The molecule has 0 saturated carbocycles. The molecular weight excluding hydrogens is 372 g/mol. The Morgan fingerprint density at radius 3 is 2.65 bits per heavy atom. The van der Waals surface area contributed by atoms with E-state index in [9.17, 15) is 4.79 Å². The fourth-order valence-electron chi connectivity index (χ4n) is 1.20. The van der Waals surface area contributed by atoms with Crippen molar-refractivity contribution in [1.82, 2.24) is 5.32 Å². The topological polar surface area (TPSA) is 29.1 Å². The van der Waals surface area contributed by atoms with Gasteiger partial charge in [-0.3, -0.25) is 4.79 Å². The van der Waals surface area contributed by atoms with Crippen LogP contribution in [0.4, 0.5) is 0 Å². The van der Waals surface area contributed by atoms with Crippen LogP contribution in [0.2, 0.25) is 5.02 Å². The molecule has 1 N–H and O–H groups in total. The minimum atomic E-state index is -0.118. The van der Waals surface area contributed by atoms with Crippen molar-refractivity contribution in [2.75, 3.05) is 5.88 Å². The van der Waals surface area contributed by atoms with Crippen LogP contribution in [0.25, 0.3) is 0 Å². The summed E-state index contributed by atoms with van der Waals surface area (Å²) in [5.41, 5.74) is 0.573. The number of benzene rings is 1. The van der Waals surface area contributed by atoms with E-state index in [1.54, 1.807) is 12.1 Å². The van der Waals surface area contributed by atoms with E-state index < -0.39 is 0 Å². The normalized spacial score (nSPS) is 14.2. The SMILES string of the molecule is CC(CCl)C(C)NC(=O)c1ccc(I)c(Cl)c1. The molecule has 1 amide bonds. The van der Waals surface area contributed by atoms with Gasteiger partial charge >= 0.3 is 0 Å². The molecule has 0 heterocycles. The average molecular weight is 386 g/mol. The van der Waals surface area contributed by atoms with Crippen molar-refractivity contribution in [3.8, 4) is 0 Å². The summed E-state index contributed by atoms with van der Waals surface area (Å²) in [6.45, 7) is 3.94. The summed E-state index contributed by atoms with van der Waals surface area (Å²) in [5.74, 6) is 0.641. The van der Waals surface area contributed by atoms with Crippen LogP contribution in [-0.2, 0) is 0 Å². The van der Waals surface area contributed by atoms with Crippen molar-refractivity contribution in [3.05, 3.63) is 32.4 Å². The van der Waals surface area contributed by atoms with Gasteiger partial charge in [0.05, 0.1) is 5.02 Å². The summed E-state index contributed by atoms with van der Waals surface area (Å²) in [4.78, 5) is 11.9. The summed E-state index contributed by atoms with van der Waals surface area (Å²) in [6, 6.07) is 5.31. The summed E-state index contributed by atoms with van der Waals surface area (Å²) in [7, 11) is 0. The number of halogens is 3. The highest BCUT2D eigenvalue weighted by Gasteiger charge is 2.15. The molecule has 0 spiro atoms. The summed E-state index contributed by atoms with van der Waals surface area (Å²) in [6.07, 6.45) is 0. The molecule has 2 atom stereocenters. The van der Waals surface area contributed by atoms with Gasteiger partial charge in [-0.05, 0) is 53.6 Å². The van der Waals surface area contributed by atoms with Crippen molar-refractivity contribution in [2.45, 2.75) is 19.9 Å². The first-order chi connectivity index (χ1) is 7.95. The maximum Gasteiger partial charge on any atom is 0.251 e. The predicted molar refractivity (Wildman–Crippen MR) is 81.0 cm³/mol. The molecule has 1 rings (SSSR count). The van der Waals surface area contributed by atoms with Crippen LogP contribution in [0.15, 0.2) is 18.2 Å². The summed E-state index contributed by atoms with van der Waals surface area (Å²) < 4.78 is 0.933. The van der Waals surface area contributed by atoms with Crippen LogP contribution in [-0.4, -0.2) is 17.8 Å². The first-order valence-corrected chi connectivity index (χ1v) is 7.26. The number of hydrogen-bond acceptors (Lipinski definition) is 1. The highest BCUT2D eigenvalue weighted by Crippen LogP contribution is 2.19. The van der Waals surface area contributed by atoms with Gasteiger partial charge in [-0.1, -0.05) is 18.5 Å². The van der Waals surface area contributed by atoms with Crippen molar-refractivity contribution in [2.24, 2.45) is 5.92 Å². The third-order valence-corrected chi connectivity index (χ3v) is 4.70. The Balaban J connectivity index is 2.73. The molecule has 1 aromatic rings. The number of rotatable bonds is 4. The van der Waals surface area contributed by atoms with Crippen LogP contribution in [0.1, 0.15) is 24.2 Å². The number of nitrogens with one attached hydrogen (secondary N) is 1. The van der Waals surface area contributed by atoms with Gasteiger partial charge in [0.15, 0.2) is 0 Å². The van der Waals surface area contributed by atoms with Crippen LogP contribution in [0.3, 0.4) is 0 Å². The van der Waals surface area contributed by atoms with Crippen LogP contribution >= 0.6 is 45.8 Å². The second kappa shape index (κ2) is 6.81. The first kappa shape index (κ1) is 15.1. The Morgan fingerprint density at radius 2 is 2.12 bits per heavy atom. The second-order valence-electron chi connectivity index (χ2n) is 4.02. The number of hydrogen-bond donors (Lipinski definition) is 1. The number of alkyl halides is 1. The number of carbonyl (C=O) groups excluding carboxylic acids is 1. The fraction of sp³-hybridized carbons (Fsp3) is 0.417. The molecule has 0 aliphatic carbocycles. The zero-order valence-electron chi connectivity index (χ0n) is 9.64. The Kier molecular flexibility index (Phi) is 6.03. The van der Waals surface area contributed by atoms with E-state index in [4.69, 9.17) is 23.2 Å². The second-order valence-corrected chi connectivity index (χ2v) is 5.90. The van der Waals surface area contributed by atoms with Crippen molar-refractivity contribution < 1.29 is 4.79 Å². The third kappa shape index (κ3) is 4.30. The lowest BCUT2D eigenvalue weighted by Gasteiger charge is -2.19. The highest BCUT2D eigenvalue weighted by molar-refractivity contribution is 14.1. The Bertz CT molecular complexity index is 411. The van der Waals surface area contributed by atoms with Gasteiger partial charge in [0.1, 0.15) is 0 Å². The van der Waals surface area contributed by atoms with Gasteiger partial charge in [0, 0.05) is 21.1 Å². The highest BCUT2D eigenvalue weighted by atomic mass is 127. The lowest BCUT2D eigenvalue weighted by atomic mass is 10.1. The van der Waals surface area contributed by atoms with Crippen LogP contribution < -0.4 is 5.32 Å². The fourth-order valence-corrected chi connectivity index (χ4v) is 1.99. The maximum atomic E-state index is 11.9. The van der Waals surface area contributed by atoms with E-state index in [1.165, 1.54) is 0 Å². The van der Waals surface area contributed by atoms with Crippen LogP contribution in [0, 0.1) is 9.49 Å². The van der Waals surface area contributed by atoms with Crippen molar-refractivity contribution >= 4 is 51.7 Å². The molecular formula is C12H14Cl2INO. The molecule has 0 fully saturated rings. The molecule has 94 valence electrons. The first-order valence-electron chi connectivity index (χ1n) is 5.27. The van der Waals surface area contributed by atoms with E-state index in [1.807, 2.05) is 19.9 Å². The van der Waals surface area contributed by atoms with Gasteiger partial charge in [-0.15, -0.1) is 11.6 Å². The van der Waals surface area contributed by atoms with E-state index in [0.29, 0.717) is 16.5 Å². The van der Waals surface area contributed by atoms with Gasteiger partial charge in [0.25, 0.3) is 5.91 Å². The van der Waals surface area contributed by atoms with Gasteiger partial charge in [-0.2, -0.15) is 0 Å². The Hall–Kier alpha value is -0.0000000000000000555. The molecule has 2 unspecified atom stereocenters. The average Bonchev–Trinajstić information content (AvgIpc) is 2.31. The molecule has 0 radical (unpaired) electrons. The largest absolute Gasteiger partial charge is 0.349 e. The molecule has 5 heteroatoms. The number of carbonyl (C=O) groups is 1. The van der Waals surface area contributed by atoms with Crippen LogP contribution in [0.5, 0.6) is 0 Å². The Labute approximate surface area is 125 Å². The van der Waals surface area contributed by atoms with Crippen molar-refractivity contribution in [3.63, 3.8) is 0 Å². The summed E-state index contributed by atoms with van der Waals surface area (Å²) in [5, 5.41) is 3.50. The Morgan fingerprint density at radius 1 is 1.47 bits per heavy atom. The molecule has 0 saturated heterocycles. The lowest BCUT2D eigenvalue weighted by Crippen LogP contribution is -2.37. The quantitative estimate of drug-likeness (QED) is 0.617. The molecule has 0 aliphatic heterocycles.